The van der Waals surface area contributed by atoms with Gasteiger partial charge in [-0.15, -0.1) is 0 Å². The third-order valence-electron chi connectivity index (χ3n) is 1.54. The summed E-state index contributed by atoms with van der Waals surface area (Å²) in [5.74, 6) is 1.01. The van der Waals surface area contributed by atoms with Crippen LogP contribution in [0.1, 0.15) is 5.82 Å². The maximum absolute atomic E-state index is 8.29. The lowest BCUT2D eigenvalue weighted by atomic mass is 10.5. The first kappa shape index (κ1) is 11.2. The van der Waals surface area contributed by atoms with Gasteiger partial charge in [0.1, 0.15) is 12.4 Å². The monoisotopic (exact) mass is 275 g/mol. The van der Waals surface area contributed by atoms with Gasteiger partial charge in [-0.25, -0.2) is 9.13 Å². The molecule has 0 saturated carbocycles. The fraction of sp³-hybridized carbons (Fsp3) is 0.250. The highest BCUT2D eigenvalue weighted by molar-refractivity contribution is 5.41. The lowest BCUT2D eigenvalue weighted by molar-refractivity contribution is -0.672. The summed E-state index contributed by atoms with van der Waals surface area (Å²) in [7, 11) is 3.88. The smallest absolute Gasteiger partial charge is 0.281 e. The van der Waals surface area contributed by atoms with E-state index in [-0.39, 0.29) is 24.0 Å². The molecule has 0 spiro atoms. The lowest BCUT2D eigenvalue weighted by Crippen LogP contribution is -3.00. The molecule has 0 bridgehead atoms. The molecule has 0 fully saturated rings. The summed E-state index contributed by atoms with van der Waals surface area (Å²) in [5, 5.41) is 8.29. The topological polar surface area (TPSA) is 32.6 Å². The van der Waals surface area contributed by atoms with E-state index in [0.29, 0.717) is 0 Å². The lowest BCUT2D eigenvalue weighted by Gasteiger charge is -1.87. The number of allylic oxidation sites excluding steroid dienone is 1. The van der Waals surface area contributed by atoms with Gasteiger partial charge in [-0.1, -0.05) is 0 Å². The molecule has 0 unspecified atom stereocenters. The Balaban J connectivity index is 0.00000121. The largest absolute Gasteiger partial charge is 1.00 e. The number of halogens is 1. The summed E-state index contributed by atoms with van der Waals surface area (Å²) in [6.45, 7) is 0. The van der Waals surface area contributed by atoms with Crippen LogP contribution in [0.5, 0.6) is 0 Å². The molecule has 0 radical (unpaired) electrons. The molecule has 0 amide bonds. The third kappa shape index (κ3) is 2.34. The van der Waals surface area contributed by atoms with Crippen LogP contribution in [-0.2, 0) is 14.1 Å². The maximum Gasteiger partial charge on any atom is 0.281 e. The van der Waals surface area contributed by atoms with Crippen LogP contribution in [0.25, 0.3) is 6.08 Å². The maximum atomic E-state index is 8.29. The molecule has 12 heavy (non-hydrogen) atoms. The Morgan fingerprint density at radius 1 is 1.67 bits per heavy atom. The van der Waals surface area contributed by atoms with Gasteiger partial charge < -0.3 is 24.0 Å². The minimum absolute atomic E-state index is 0. The second-order valence-electron chi connectivity index (χ2n) is 2.34. The second-order valence-corrected chi connectivity index (χ2v) is 2.34. The Morgan fingerprint density at radius 3 is 2.75 bits per heavy atom. The van der Waals surface area contributed by atoms with Gasteiger partial charge in [0.2, 0.25) is 0 Å². The molecule has 1 aromatic rings. The molecule has 64 valence electrons. The zero-order valence-electron chi connectivity index (χ0n) is 7.03. The molecule has 0 N–H and O–H groups in total. The van der Waals surface area contributed by atoms with E-state index in [1.165, 1.54) is 6.08 Å². The summed E-state index contributed by atoms with van der Waals surface area (Å²) in [6, 6.07) is 1.95. The Hall–Kier alpha value is -0.830. The van der Waals surface area contributed by atoms with Crippen molar-refractivity contribution in [3.63, 3.8) is 0 Å². The Labute approximate surface area is 89.0 Å². The van der Waals surface area contributed by atoms with Gasteiger partial charge in [-0.3, -0.25) is 0 Å². The fourth-order valence-corrected chi connectivity index (χ4v) is 0.948. The predicted molar refractivity (Wildman–Crippen MR) is 41.2 cm³/mol. The molecule has 4 heteroatoms. The highest BCUT2D eigenvalue weighted by Crippen LogP contribution is 1.93. The van der Waals surface area contributed by atoms with Crippen molar-refractivity contribution < 1.29 is 28.5 Å². The van der Waals surface area contributed by atoms with Crippen molar-refractivity contribution in [2.24, 2.45) is 14.1 Å². The minimum atomic E-state index is 0. The molecule has 0 aliphatic carbocycles. The first-order valence-corrected chi connectivity index (χ1v) is 3.33. The molecular weight excluding hydrogens is 265 g/mol. The van der Waals surface area contributed by atoms with Crippen LogP contribution >= 0.6 is 0 Å². The molecule has 0 aliphatic heterocycles. The molecule has 3 nitrogen and oxygen atoms in total. The summed E-state index contributed by atoms with van der Waals surface area (Å²) in [5.41, 5.74) is 0. The molecule has 1 heterocycles. The van der Waals surface area contributed by atoms with Crippen molar-refractivity contribution in [3.8, 4) is 6.07 Å². The Kier molecular flexibility index (Phi) is 4.59. The van der Waals surface area contributed by atoms with Crippen molar-refractivity contribution in [2.45, 2.75) is 0 Å². The molecule has 0 aliphatic rings. The van der Waals surface area contributed by atoms with Gasteiger partial charge in [0.05, 0.1) is 20.2 Å². The zero-order chi connectivity index (χ0) is 8.27. The number of rotatable bonds is 1. The normalized spacial score (nSPS) is 9.42. The summed E-state index contributed by atoms with van der Waals surface area (Å²) in [6.07, 6.45) is 7.13. The Morgan fingerprint density at radius 2 is 2.33 bits per heavy atom. The molecule has 0 saturated heterocycles. The first-order valence-electron chi connectivity index (χ1n) is 3.33. The van der Waals surface area contributed by atoms with Crippen molar-refractivity contribution in [1.82, 2.24) is 4.57 Å². The van der Waals surface area contributed by atoms with Gasteiger partial charge in [0, 0.05) is 12.2 Å². The number of hydrogen-bond acceptors (Lipinski definition) is 1. The van der Waals surface area contributed by atoms with Crippen molar-refractivity contribution in [2.75, 3.05) is 0 Å². The average molecular weight is 275 g/mol. The number of aryl methyl sites for hydroxylation is 2. The van der Waals surface area contributed by atoms with Crippen LogP contribution in [0.3, 0.4) is 0 Å². The van der Waals surface area contributed by atoms with Crippen LogP contribution in [0.4, 0.5) is 0 Å². The van der Waals surface area contributed by atoms with E-state index in [0.717, 1.165) is 5.82 Å². The number of imidazole rings is 1. The van der Waals surface area contributed by atoms with E-state index >= 15 is 0 Å². The van der Waals surface area contributed by atoms with Gasteiger partial charge in [0.25, 0.3) is 5.82 Å². The SMILES string of the molecule is Cn1cc[n+](C)c1/C=C/C#N.[I-]. The van der Waals surface area contributed by atoms with Crippen LogP contribution in [0, 0.1) is 11.3 Å². The number of aromatic nitrogens is 2. The molecule has 0 atom stereocenters. The van der Waals surface area contributed by atoms with Crippen molar-refractivity contribution in [1.29, 1.82) is 5.26 Å². The van der Waals surface area contributed by atoms with Crippen LogP contribution in [-0.4, -0.2) is 4.57 Å². The van der Waals surface area contributed by atoms with Gasteiger partial charge in [-0.05, 0) is 0 Å². The van der Waals surface area contributed by atoms with E-state index < -0.39 is 0 Å². The van der Waals surface area contributed by atoms with Crippen LogP contribution in [0.2, 0.25) is 0 Å². The quantitative estimate of drug-likeness (QED) is 0.314. The zero-order valence-corrected chi connectivity index (χ0v) is 9.19. The van der Waals surface area contributed by atoms with Crippen molar-refractivity contribution >= 4 is 6.08 Å². The Bertz CT molecular complexity index is 300. The summed E-state index contributed by atoms with van der Waals surface area (Å²) in [4.78, 5) is 0. The van der Waals surface area contributed by atoms with E-state index in [4.69, 9.17) is 5.26 Å². The van der Waals surface area contributed by atoms with E-state index in [9.17, 15) is 0 Å². The van der Waals surface area contributed by atoms with Gasteiger partial charge >= 0.3 is 0 Å². The molecule has 1 rings (SSSR count). The molecule has 0 aromatic carbocycles. The summed E-state index contributed by atoms with van der Waals surface area (Å²) >= 11 is 0. The van der Waals surface area contributed by atoms with Crippen molar-refractivity contribution in [3.05, 3.63) is 24.3 Å². The highest BCUT2D eigenvalue weighted by Gasteiger charge is 2.05. The molecule has 1 aromatic heterocycles. The first-order chi connectivity index (χ1) is 5.25. The van der Waals surface area contributed by atoms with Crippen LogP contribution < -0.4 is 28.5 Å². The summed E-state index contributed by atoms with van der Waals surface area (Å²) < 4.78 is 3.90. The molecular formula is C8H10IN3. The standard InChI is InChI=1S/C8H10N3.HI/c1-10-6-7-11(2)8(10)4-3-5-9;/h3-4,6-7H,1-2H3;1H/q+1;/p-1/b4-3+;. The van der Waals surface area contributed by atoms with Gasteiger partial charge in [0.15, 0.2) is 0 Å². The average Bonchev–Trinajstić information content (AvgIpc) is 2.29. The number of nitrogens with zero attached hydrogens (tertiary/aromatic N) is 3. The highest BCUT2D eigenvalue weighted by atomic mass is 127. The van der Waals surface area contributed by atoms with Gasteiger partial charge in [-0.2, -0.15) is 5.26 Å². The number of hydrogen-bond donors (Lipinski definition) is 0. The van der Waals surface area contributed by atoms with E-state index in [1.54, 1.807) is 6.08 Å². The number of nitriles is 1. The fourth-order valence-electron chi connectivity index (χ4n) is 0.948. The van der Waals surface area contributed by atoms with E-state index in [1.807, 2.05) is 41.7 Å². The van der Waals surface area contributed by atoms with E-state index in [2.05, 4.69) is 0 Å². The second kappa shape index (κ2) is 4.93. The van der Waals surface area contributed by atoms with Crippen LogP contribution in [0.15, 0.2) is 18.5 Å². The minimum Gasteiger partial charge on any atom is -1.00 e. The third-order valence-corrected chi connectivity index (χ3v) is 1.54. The predicted octanol–water partition coefficient (Wildman–Crippen LogP) is -2.61.